The third-order valence-electron chi connectivity index (χ3n) is 15.7. The fourth-order valence-electron chi connectivity index (χ4n) is 10.3. The number of phosphoric ester groups is 1. The quantitative estimate of drug-likeness (QED) is 0.0272. The van der Waals surface area contributed by atoms with Gasteiger partial charge in [-0.25, -0.2) is 0 Å². The Morgan fingerprint density at radius 3 is 1.09 bits per heavy atom. The van der Waals surface area contributed by atoms with Crippen LogP contribution >= 0.6 is 7.82 Å². The summed E-state index contributed by atoms with van der Waals surface area (Å²) in [5.41, 5.74) is 0. The van der Waals surface area contributed by atoms with Crippen LogP contribution in [0.3, 0.4) is 0 Å². The number of unbranched alkanes of at least 4 members (excludes halogenated alkanes) is 43. The summed E-state index contributed by atoms with van der Waals surface area (Å²) in [6.07, 6.45) is 85.0. The van der Waals surface area contributed by atoms with Gasteiger partial charge in [0.25, 0.3) is 7.82 Å². The van der Waals surface area contributed by atoms with E-state index in [2.05, 4.69) is 67.8 Å². The van der Waals surface area contributed by atoms with Crippen LogP contribution in [-0.2, 0) is 18.4 Å². The standard InChI is InChI=1S/C71H135N2O6P/c1-6-8-10-12-14-16-18-20-22-24-26-28-29-30-31-32-33-34-35-36-37-38-39-40-41-42-43-45-47-49-51-53-55-57-59-61-63-65-71(75)72-69(68-79-80(76,77)78-67-66-73(3,4)5)70(74)64-62-60-58-56-54-52-50-48-46-44-27-25-23-21-19-17-15-13-11-9-7-2/h18,20,24,26,46,48,54,56,62,64,69-70,74H,6-17,19,21-23,25,27-45,47,49-53,55,57-61,63,65-68H2,1-5H3,(H-,72,75,76,77)/b20-18-,26-24-,48-46+,56-54+,64-62+. The van der Waals surface area contributed by atoms with Crippen LogP contribution in [0.15, 0.2) is 60.8 Å². The molecule has 0 bridgehead atoms. The van der Waals surface area contributed by atoms with Crippen molar-refractivity contribution in [3.63, 3.8) is 0 Å². The molecule has 0 aromatic carbocycles. The van der Waals surface area contributed by atoms with E-state index in [1.54, 1.807) is 6.08 Å². The van der Waals surface area contributed by atoms with Crippen LogP contribution in [0.5, 0.6) is 0 Å². The lowest BCUT2D eigenvalue weighted by atomic mass is 10.0. The first-order valence-electron chi connectivity index (χ1n) is 34.7. The van der Waals surface area contributed by atoms with Gasteiger partial charge < -0.3 is 28.8 Å². The Hall–Kier alpha value is -1.80. The van der Waals surface area contributed by atoms with E-state index in [-0.39, 0.29) is 12.5 Å². The fourth-order valence-corrected chi connectivity index (χ4v) is 11.0. The molecule has 1 amide bonds. The van der Waals surface area contributed by atoms with Crippen LogP contribution in [0.25, 0.3) is 0 Å². The molecular formula is C71H135N2O6P. The number of hydrogen-bond acceptors (Lipinski definition) is 6. The summed E-state index contributed by atoms with van der Waals surface area (Å²) >= 11 is 0. The summed E-state index contributed by atoms with van der Waals surface area (Å²) in [7, 11) is 1.24. The Morgan fingerprint density at radius 2 is 0.738 bits per heavy atom. The molecule has 0 aromatic heterocycles. The van der Waals surface area contributed by atoms with Crippen LogP contribution < -0.4 is 10.2 Å². The number of hydrogen-bond donors (Lipinski definition) is 2. The topological polar surface area (TPSA) is 108 Å². The summed E-state index contributed by atoms with van der Waals surface area (Å²) in [5, 5.41) is 13.9. The largest absolute Gasteiger partial charge is 0.756 e. The van der Waals surface area contributed by atoms with Crippen molar-refractivity contribution < 1.29 is 32.9 Å². The fraction of sp³-hybridized carbons (Fsp3) is 0.845. The molecule has 470 valence electrons. The summed E-state index contributed by atoms with van der Waals surface area (Å²) in [4.78, 5) is 25.6. The lowest BCUT2D eigenvalue weighted by Crippen LogP contribution is -2.45. The zero-order chi connectivity index (χ0) is 58.4. The number of quaternary nitrogens is 1. The van der Waals surface area contributed by atoms with Gasteiger partial charge in [0, 0.05) is 6.42 Å². The minimum Gasteiger partial charge on any atom is -0.756 e. The van der Waals surface area contributed by atoms with Crippen LogP contribution in [0, 0.1) is 0 Å². The SMILES string of the molecule is CCCCCCC/C=C\C/C=C\CCCCCCCCCCCCCCCCCCCCCCCCCCCC(=O)NC(COP(=O)([O-])OCC[N+](C)(C)C)C(O)/C=C/CC/C=C/CC/C=C/CCCCCCCCCCCCC. The van der Waals surface area contributed by atoms with Crippen molar-refractivity contribution in [3.8, 4) is 0 Å². The summed E-state index contributed by atoms with van der Waals surface area (Å²) < 4.78 is 23.4. The van der Waals surface area contributed by atoms with Crippen molar-refractivity contribution in [3.05, 3.63) is 60.8 Å². The van der Waals surface area contributed by atoms with Crippen LogP contribution in [0.2, 0.25) is 0 Å². The van der Waals surface area contributed by atoms with Gasteiger partial charge in [0.1, 0.15) is 13.2 Å². The Kier molecular flexibility index (Phi) is 60.4. The van der Waals surface area contributed by atoms with Crippen molar-refractivity contribution in [2.45, 2.75) is 347 Å². The summed E-state index contributed by atoms with van der Waals surface area (Å²) in [6, 6.07) is -0.911. The van der Waals surface area contributed by atoms with Gasteiger partial charge in [-0.2, -0.15) is 0 Å². The second-order valence-electron chi connectivity index (χ2n) is 24.9. The highest BCUT2D eigenvalue weighted by atomic mass is 31.2. The minimum absolute atomic E-state index is 0.00856. The molecule has 0 aromatic rings. The van der Waals surface area contributed by atoms with Gasteiger partial charge in [-0.15, -0.1) is 0 Å². The maximum absolute atomic E-state index is 13.0. The maximum Gasteiger partial charge on any atom is 0.268 e. The minimum atomic E-state index is -4.61. The molecule has 8 nitrogen and oxygen atoms in total. The third kappa shape index (κ3) is 63.8. The van der Waals surface area contributed by atoms with Gasteiger partial charge in [0.05, 0.1) is 39.9 Å². The molecule has 0 aliphatic carbocycles. The number of nitrogens with zero attached hydrogens (tertiary/aromatic N) is 1. The zero-order valence-electron chi connectivity index (χ0n) is 53.8. The highest BCUT2D eigenvalue weighted by Gasteiger charge is 2.23. The van der Waals surface area contributed by atoms with E-state index in [1.807, 2.05) is 27.2 Å². The Bertz CT molecular complexity index is 1490. The first kappa shape index (κ1) is 78.2. The predicted molar refractivity (Wildman–Crippen MR) is 348 cm³/mol. The Balaban J connectivity index is 4.02. The first-order valence-corrected chi connectivity index (χ1v) is 36.1. The molecule has 0 aliphatic rings. The van der Waals surface area contributed by atoms with Crippen molar-refractivity contribution >= 4 is 13.7 Å². The number of rotatable bonds is 64. The molecule has 3 atom stereocenters. The maximum atomic E-state index is 13.0. The van der Waals surface area contributed by atoms with E-state index >= 15 is 0 Å². The van der Waals surface area contributed by atoms with E-state index in [0.29, 0.717) is 17.4 Å². The summed E-state index contributed by atoms with van der Waals surface area (Å²) in [5.74, 6) is -0.206. The van der Waals surface area contributed by atoms with E-state index in [4.69, 9.17) is 9.05 Å². The molecular weight excluding hydrogens is 1010 g/mol. The van der Waals surface area contributed by atoms with Crippen LogP contribution in [-0.4, -0.2) is 68.5 Å². The average molecular weight is 1140 g/mol. The molecule has 0 rings (SSSR count). The second kappa shape index (κ2) is 61.8. The van der Waals surface area contributed by atoms with Crippen molar-refractivity contribution in [2.75, 3.05) is 40.9 Å². The van der Waals surface area contributed by atoms with Gasteiger partial charge in [-0.3, -0.25) is 9.36 Å². The average Bonchev–Trinajstić information content (AvgIpc) is 3.42. The number of aliphatic hydroxyl groups is 1. The molecule has 3 unspecified atom stereocenters. The van der Waals surface area contributed by atoms with Crippen molar-refractivity contribution in [1.82, 2.24) is 5.32 Å². The number of nitrogens with one attached hydrogen (secondary N) is 1. The van der Waals surface area contributed by atoms with Gasteiger partial charge in [0.15, 0.2) is 0 Å². The monoisotopic (exact) mass is 1140 g/mol. The van der Waals surface area contributed by atoms with Crippen LogP contribution in [0.4, 0.5) is 0 Å². The zero-order valence-corrected chi connectivity index (χ0v) is 54.7. The van der Waals surface area contributed by atoms with Gasteiger partial charge in [0.2, 0.25) is 5.91 Å². The molecule has 0 spiro atoms. The summed E-state index contributed by atoms with van der Waals surface area (Å²) in [6.45, 7) is 4.65. The van der Waals surface area contributed by atoms with Gasteiger partial charge >= 0.3 is 0 Å². The molecule has 0 saturated heterocycles. The Morgan fingerprint density at radius 1 is 0.438 bits per heavy atom. The molecule has 2 N–H and O–H groups in total. The number of carbonyl (C=O) groups is 1. The molecule has 0 heterocycles. The number of allylic oxidation sites excluding steroid dienone is 9. The number of phosphoric acid groups is 1. The molecule has 0 fully saturated rings. The van der Waals surface area contributed by atoms with E-state index in [0.717, 1.165) is 51.4 Å². The lowest BCUT2D eigenvalue weighted by molar-refractivity contribution is -0.870. The smallest absolute Gasteiger partial charge is 0.268 e. The van der Waals surface area contributed by atoms with Crippen molar-refractivity contribution in [2.24, 2.45) is 0 Å². The molecule has 9 heteroatoms. The normalized spacial score (nSPS) is 14.0. The number of aliphatic hydroxyl groups excluding tert-OH is 1. The van der Waals surface area contributed by atoms with Gasteiger partial charge in [-0.05, 0) is 77.0 Å². The van der Waals surface area contributed by atoms with Crippen LogP contribution in [0.1, 0.15) is 335 Å². The highest BCUT2D eigenvalue weighted by Crippen LogP contribution is 2.38. The molecule has 80 heavy (non-hydrogen) atoms. The van der Waals surface area contributed by atoms with Crippen molar-refractivity contribution in [1.29, 1.82) is 0 Å². The predicted octanol–water partition coefficient (Wildman–Crippen LogP) is 21.4. The molecule has 0 aliphatic heterocycles. The first-order chi connectivity index (χ1) is 39.0. The van der Waals surface area contributed by atoms with E-state index in [1.165, 1.54) is 263 Å². The Labute approximate surface area is 498 Å². The lowest BCUT2D eigenvalue weighted by Gasteiger charge is -2.29. The number of likely N-dealkylation sites (N-methyl/N-ethyl adjacent to an activating group) is 1. The molecule has 0 saturated carbocycles. The number of amides is 1. The highest BCUT2D eigenvalue weighted by molar-refractivity contribution is 7.45. The van der Waals surface area contributed by atoms with E-state index < -0.39 is 26.6 Å². The second-order valence-corrected chi connectivity index (χ2v) is 26.3. The third-order valence-corrected chi connectivity index (χ3v) is 16.6. The number of carbonyl (C=O) groups excluding carboxylic acids is 1. The van der Waals surface area contributed by atoms with E-state index in [9.17, 15) is 19.4 Å². The molecule has 0 radical (unpaired) electrons. The van der Waals surface area contributed by atoms with Gasteiger partial charge in [-0.1, -0.05) is 312 Å².